The standard InChI is InChI=1S/C26H24N2O3S/c1-2-3-9-19-14-16-20(17-15-19)27-25-18-24(22-12-7-8-13-23(22)26(25)29)28-32(30,31)21-10-5-4-6-11-21/h4-8,10-18,27H,2-3,9H2,1H3/b28-24-. The van der Waals surface area contributed by atoms with Crippen LogP contribution in [-0.2, 0) is 16.4 Å². The second-order valence-corrected chi connectivity index (χ2v) is 9.23. The summed E-state index contributed by atoms with van der Waals surface area (Å²) >= 11 is 0. The number of unbranched alkanes of at least 4 members (excludes halogenated alkanes) is 1. The van der Waals surface area contributed by atoms with Gasteiger partial charge in [-0.2, -0.15) is 12.8 Å². The lowest BCUT2D eigenvalue weighted by Gasteiger charge is -2.19. The molecule has 0 amide bonds. The molecule has 0 fully saturated rings. The molecule has 0 aliphatic heterocycles. The normalized spacial score (nSPS) is 14.7. The molecule has 3 aromatic carbocycles. The van der Waals surface area contributed by atoms with Gasteiger partial charge in [0.1, 0.15) is 0 Å². The van der Waals surface area contributed by atoms with Gasteiger partial charge >= 0.3 is 0 Å². The van der Waals surface area contributed by atoms with Gasteiger partial charge in [-0.15, -0.1) is 0 Å². The van der Waals surface area contributed by atoms with Crippen LogP contribution in [0.25, 0.3) is 0 Å². The molecule has 0 spiro atoms. The van der Waals surface area contributed by atoms with E-state index in [0.29, 0.717) is 11.1 Å². The molecule has 0 aromatic heterocycles. The number of benzene rings is 3. The summed E-state index contributed by atoms with van der Waals surface area (Å²) in [6.45, 7) is 2.16. The van der Waals surface area contributed by atoms with Crippen LogP contribution in [0.15, 0.2) is 99.9 Å². The highest BCUT2D eigenvalue weighted by Crippen LogP contribution is 2.25. The van der Waals surface area contributed by atoms with E-state index in [0.717, 1.165) is 24.9 Å². The number of carbonyl (C=O) groups is 1. The van der Waals surface area contributed by atoms with Crippen molar-refractivity contribution in [2.24, 2.45) is 4.40 Å². The Morgan fingerprint density at radius 1 is 0.844 bits per heavy atom. The monoisotopic (exact) mass is 444 g/mol. The first-order valence-electron chi connectivity index (χ1n) is 10.6. The summed E-state index contributed by atoms with van der Waals surface area (Å²) in [6.07, 6.45) is 4.79. The third-order valence-corrected chi connectivity index (χ3v) is 6.59. The van der Waals surface area contributed by atoms with Gasteiger partial charge in [0.15, 0.2) is 0 Å². The fourth-order valence-electron chi connectivity index (χ4n) is 3.56. The first kappa shape index (κ1) is 21.7. The highest BCUT2D eigenvalue weighted by atomic mass is 32.2. The molecule has 5 nitrogen and oxygen atoms in total. The van der Waals surface area contributed by atoms with Gasteiger partial charge in [0.25, 0.3) is 10.0 Å². The Balaban J connectivity index is 1.70. The molecule has 0 atom stereocenters. The Kier molecular flexibility index (Phi) is 6.32. The minimum absolute atomic E-state index is 0.104. The molecule has 1 aliphatic rings. The second kappa shape index (κ2) is 9.32. The highest BCUT2D eigenvalue weighted by Gasteiger charge is 2.26. The van der Waals surface area contributed by atoms with Gasteiger partial charge in [0, 0.05) is 16.8 Å². The van der Waals surface area contributed by atoms with E-state index in [1.54, 1.807) is 42.5 Å². The molecule has 162 valence electrons. The zero-order chi connectivity index (χ0) is 22.6. The third-order valence-electron chi connectivity index (χ3n) is 5.28. The van der Waals surface area contributed by atoms with E-state index in [-0.39, 0.29) is 22.1 Å². The number of anilines is 1. The molecule has 0 radical (unpaired) electrons. The van der Waals surface area contributed by atoms with E-state index in [1.807, 2.05) is 24.3 Å². The topological polar surface area (TPSA) is 75.6 Å². The van der Waals surface area contributed by atoms with E-state index in [2.05, 4.69) is 16.6 Å². The molecule has 0 saturated carbocycles. The Morgan fingerprint density at radius 3 is 2.19 bits per heavy atom. The predicted octanol–water partition coefficient (Wildman–Crippen LogP) is 5.40. The molecule has 0 saturated heterocycles. The average molecular weight is 445 g/mol. The minimum Gasteiger partial charge on any atom is -0.352 e. The van der Waals surface area contributed by atoms with Crippen LogP contribution in [0.1, 0.15) is 41.3 Å². The van der Waals surface area contributed by atoms with E-state index in [4.69, 9.17) is 0 Å². The minimum atomic E-state index is -3.93. The molecular formula is C26H24N2O3S. The van der Waals surface area contributed by atoms with Crippen molar-refractivity contribution in [2.45, 2.75) is 31.1 Å². The molecule has 1 aliphatic carbocycles. The molecule has 1 N–H and O–H groups in total. The van der Waals surface area contributed by atoms with Crippen molar-refractivity contribution in [3.8, 4) is 0 Å². The van der Waals surface area contributed by atoms with Crippen LogP contribution < -0.4 is 5.32 Å². The fourth-order valence-corrected chi connectivity index (χ4v) is 4.58. The summed E-state index contributed by atoms with van der Waals surface area (Å²) in [6, 6.07) is 22.9. The number of rotatable bonds is 7. The Bertz CT molecular complexity index is 1290. The number of ketones is 1. The maximum Gasteiger partial charge on any atom is 0.282 e. The largest absolute Gasteiger partial charge is 0.352 e. The third kappa shape index (κ3) is 4.70. The van der Waals surface area contributed by atoms with Gasteiger partial charge in [-0.25, -0.2) is 0 Å². The van der Waals surface area contributed by atoms with Crippen LogP contribution in [-0.4, -0.2) is 19.9 Å². The molecule has 0 bridgehead atoms. The van der Waals surface area contributed by atoms with Gasteiger partial charge in [0.05, 0.1) is 16.3 Å². The van der Waals surface area contributed by atoms with Crippen molar-refractivity contribution < 1.29 is 13.2 Å². The zero-order valence-electron chi connectivity index (χ0n) is 17.8. The molecule has 4 rings (SSSR count). The van der Waals surface area contributed by atoms with E-state index >= 15 is 0 Å². The Morgan fingerprint density at radius 2 is 1.50 bits per heavy atom. The van der Waals surface area contributed by atoms with Crippen LogP contribution in [0.3, 0.4) is 0 Å². The summed E-state index contributed by atoms with van der Waals surface area (Å²) in [4.78, 5) is 13.2. The highest BCUT2D eigenvalue weighted by molar-refractivity contribution is 7.90. The SMILES string of the molecule is CCCCc1ccc(NC2=C/C(=N/S(=O)(=O)c3ccccc3)c3ccccc3C2=O)cc1. The average Bonchev–Trinajstić information content (AvgIpc) is 2.82. The second-order valence-electron chi connectivity index (χ2n) is 7.62. The summed E-state index contributed by atoms with van der Waals surface area (Å²) in [5, 5.41) is 3.15. The number of aryl methyl sites for hydroxylation is 1. The number of nitrogens with zero attached hydrogens (tertiary/aromatic N) is 1. The van der Waals surface area contributed by atoms with Crippen molar-refractivity contribution in [3.05, 3.63) is 107 Å². The van der Waals surface area contributed by atoms with Gasteiger partial charge < -0.3 is 5.32 Å². The predicted molar refractivity (Wildman–Crippen MR) is 128 cm³/mol. The van der Waals surface area contributed by atoms with Crippen LogP contribution >= 0.6 is 0 Å². The molecular weight excluding hydrogens is 420 g/mol. The van der Waals surface area contributed by atoms with Crippen LogP contribution in [0, 0.1) is 0 Å². The van der Waals surface area contributed by atoms with Crippen LogP contribution in [0.5, 0.6) is 0 Å². The van der Waals surface area contributed by atoms with Crippen molar-refractivity contribution >= 4 is 27.2 Å². The summed E-state index contributed by atoms with van der Waals surface area (Å²) in [5.74, 6) is -0.202. The maximum atomic E-state index is 13.1. The molecule has 0 heterocycles. The number of hydrogen-bond acceptors (Lipinski definition) is 4. The van der Waals surface area contributed by atoms with Gasteiger partial charge in [-0.05, 0) is 48.7 Å². The van der Waals surface area contributed by atoms with Crippen molar-refractivity contribution in [2.75, 3.05) is 5.32 Å². The van der Waals surface area contributed by atoms with E-state index in [1.165, 1.54) is 23.8 Å². The van der Waals surface area contributed by atoms with E-state index < -0.39 is 10.0 Å². The lowest BCUT2D eigenvalue weighted by molar-refractivity contribution is 0.103. The molecule has 32 heavy (non-hydrogen) atoms. The maximum absolute atomic E-state index is 13.1. The number of hydrogen-bond donors (Lipinski definition) is 1. The number of Topliss-reactive ketones (excluding diaryl/α,β-unsaturated/α-hetero) is 1. The van der Waals surface area contributed by atoms with Gasteiger partial charge in [-0.3, -0.25) is 4.79 Å². The summed E-state index contributed by atoms with van der Waals surface area (Å²) < 4.78 is 29.8. The van der Waals surface area contributed by atoms with Crippen molar-refractivity contribution in [1.82, 2.24) is 0 Å². The summed E-state index contributed by atoms with van der Waals surface area (Å²) in [7, 11) is -3.93. The Hall–Kier alpha value is -3.51. The molecule has 6 heteroatoms. The molecule has 0 unspecified atom stereocenters. The lowest BCUT2D eigenvalue weighted by Crippen LogP contribution is -2.22. The lowest BCUT2D eigenvalue weighted by atomic mass is 9.92. The van der Waals surface area contributed by atoms with Crippen molar-refractivity contribution in [1.29, 1.82) is 0 Å². The number of nitrogens with one attached hydrogen (secondary N) is 1. The summed E-state index contributed by atoms with van der Waals surface area (Å²) in [5.41, 5.74) is 3.42. The quantitative estimate of drug-likeness (QED) is 0.529. The number of allylic oxidation sites excluding steroid dienone is 2. The molecule has 3 aromatic rings. The van der Waals surface area contributed by atoms with E-state index in [9.17, 15) is 13.2 Å². The van der Waals surface area contributed by atoms with Crippen LogP contribution in [0.4, 0.5) is 5.69 Å². The van der Waals surface area contributed by atoms with Crippen molar-refractivity contribution in [3.63, 3.8) is 0 Å². The van der Waals surface area contributed by atoms with Gasteiger partial charge in [-0.1, -0.05) is 67.9 Å². The number of carbonyl (C=O) groups excluding carboxylic acids is 1. The van der Waals surface area contributed by atoms with Crippen LogP contribution in [0.2, 0.25) is 0 Å². The Labute approximate surface area is 188 Å². The van der Waals surface area contributed by atoms with Gasteiger partial charge in [0.2, 0.25) is 5.78 Å². The fraction of sp³-hybridized carbons (Fsp3) is 0.154. The first-order valence-corrected chi connectivity index (χ1v) is 12.0. The number of fused-ring (bicyclic) bond motifs is 1. The zero-order valence-corrected chi connectivity index (χ0v) is 18.6. The number of sulfonamides is 1. The first-order chi connectivity index (χ1) is 15.5. The smallest absolute Gasteiger partial charge is 0.282 e.